The zero-order valence-corrected chi connectivity index (χ0v) is 10.1. The minimum atomic E-state index is -0.826. The highest BCUT2D eigenvalue weighted by molar-refractivity contribution is 5.39. The molecule has 3 N–H and O–H groups in total. The Labute approximate surface area is 109 Å². The van der Waals surface area contributed by atoms with Crippen LogP contribution in [0.4, 0.5) is 8.78 Å². The molecular weight excluding hydrogens is 252 g/mol. The van der Waals surface area contributed by atoms with E-state index in [1.165, 1.54) is 6.07 Å². The molecule has 0 unspecified atom stereocenters. The van der Waals surface area contributed by atoms with E-state index in [0.29, 0.717) is 11.1 Å². The zero-order valence-electron chi connectivity index (χ0n) is 10.1. The highest BCUT2D eigenvalue weighted by Gasteiger charge is 2.14. The number of para-hydroxylation sites is 1. The molecule has 0 atom stereocenters. The summed E-state index contributed by atoms with van der Waals surface area (Å²) in [5, 5.41) is 9.13. The maximum atomic E-state index is 13.7. The third-order valence-electron chi connectivity index (χ3n) is 2.65. The molecule has 0 saturated carbocycles. The van der Waals surface area contributed by atoms with Gasteiger partial charge in [-0.05, 0) is 23.8 Å². The monoisotopic (exact) mass is 265 g/mol. The van der Waals surface area contributed by atoms with Gasteiger partial charge in [-0.1, -0.05) is 18.2 Å². The smallest absolute Gasteiger partial charge is 0.198 e. The molecular formula is C14H13F2NO2. The number of nitrogens with two attached hydrogens (primary N) is 1. The number of halogens is 2. The lowest BCUT2D eigenvalue weighted by molar-refractivity contribution is 0.275. The summed E-state index contributed by atoms with van der Waals surface area (Å²) in [6.45, 7) is -0.234. The van der Waals surface area contributed by atoms with E-state index in [0.717, 1.165) is 12.1 Å². The van der Waals surface area contributed by atoms with Crippen LogP contribution in [0.15, 0.2) is 36.4 Å². The molecule has 0 fully saturated rings. The summed E-state index contributed by atoms with van der Waals surface area (Å²) in [6.07, 6.45) is 0. The lowest BCUT2D eigenvalue weighted by Gasteiger charge is -2.11. The van der Waals surface area contributed by atoms with Gasteiger partial charge in [0.15, 0.2) is 17.4 Å². The topological polar surface area (TPSA) is 55.5 Å². The van der Waals surface area contributed by atoms with Crippen molar-refractivity contribution in [2.45, 2.75) is 13.2 Å². The summed E-state index contributed by atoms with van der Waals surface area (Å²) in [5.41, 5.74) is 6.12. The van der Waals surface area contributed by atoms with Crippen molar-refractivity contribution in [2.75, 3.05) is 0 Å². The number of ether oxygens (including phenoxy) is 1. The fourth-order valence-electron chi connectivity index (χ4n) is 1.67. The van der Waals surface area contributed by atoms with Crippen molar-refractivity contribution in [3.8, 4) is 11.5 Å². The van der Waals surface area contributed by atoms with Crippen molar-refractivity contribution >= 4 is 0 Å². The van der Waals surface area contributed by atoms with Crippen molar-refractivity contribution < 1.29 is 18.6 Å². The molecule has 0 spiro atoms. The van der Waals surface area contributed by atoms with Crippen LogP contribution >= 0.6 is 0 Å². The zero-order chi connectivity index (χ0) is 13.8. The van der Waals surface area contributed by atoms with Crippen LogP contribution in [-0.2, 0) is 13.2 Å². The second-order valence-corrected chi connectivity index (χ2v) is 3.96. The van der Waals surface area contributed by atoms with Gasteiger partial charge in [0.25, 0.3) is 0 Å². The molecule has 0 aliphatic rings. The number of aliphatic hydroxyl groups excluding tert-OH is 1. The maximum Gasteiger partial charge on any atom is 0.198 e. The van der Waals surface area contributed by atoms with Crippen molar-refractivity contribution in [2.24, 2.45) is 5.73 Å². The predicted molar refractivity (Wildman–Crippen MR) is 66.7 cm³/mol. The van der Waals surface area contributed by atoms with Gasteiger partial charge in [-0.15, -0.1) is 0 Å². The summed E-state index contributed by atoms with van der Waals surface area (Å²) in [7, 11) is 0. The summed E-state index contributed by atoms with van der Waals surface area (Å²) in [4.78, 5) is 0. The third kappa shape index (κ3) is 2.89. The first-order valence-corrected chi connectivity index (χ1v) is 5.70. The quantitative estimate of drug-likeness (QED) is 0.893. The minimum Gasteiger partial charge on any atom is -0.451 e. The molecule has 2 aromatic carbocycles. The Bertz CT molecular complexity index is 564. The van der Waals surface area contributed by atoms with Crippen molar-refractivity contribution in [1.29, 1.82) is 0 Å². The molecule has 100 valence electrons. The summed E-state index contributed by atoms with van der Waals surface area (Å²) >= 11 is 0. The SMILES string of the molecule is NCc1cc(F)c(Oc2ccccc2CO)c(F)c1. The maximum absolute atomic E-state index is 13.7. The Morgan fingerprint density at radius 2 is 1.74 bits per heavy atom. The van der Waals surface area contributed by atoms with E-state index >= 15 is 0 Å². The minimum absolute atomic E-state index is 0.0430. The van der Waals surface area contributed by atoms with E-state index in [1.54, 1.807) is 18.2 Å². The van der Waals surface area contributed by atoms with E-state index in [4.69, 9.17) is 15.6 Å². The largest absolute Gasteiger partial charge is 0.451 e. The van der Waals surface area contributed by atoms with Crippen LogP contribution in [-0.4, -0.2) is 5.11 Å². The summed E-state index contributed by atoms with van der Waals surface area (Å²) < 4.78 is 32.7. The molecule has 0 saturated heterocycles. The van der Waals surface area contributed by atoms with Gasteiger partial charge in [-0.2, -0.15) is 0 Å². The Morgan fingerprint density at radius 3 is 2.32 bits per heavy atom. The molecule has 0 radical (unpaired) electrons. The van der Waals surface area contributed by atoms with Gasteiger partial charge in [-0.25, -0.2) is 8.78 Å². The van der Waals surface area contributed by atoms with Crippen LogP contribution in [0.2, 0.25) is 0 Å². The van der Waals surface area contributed by atoms with Crippen molar-refractivity contribution in [3.63, 3.8) is 0 Å². The van der Waals surface area contributed by atoms with Crippen molar-refractivity contribution in [1.82, 2.24) is 0 Å². The molecule has 3 nitrogen and oxygen atoms in total. The summed E-state index contributed by atoms with van der Waals surface area (Å²) in [5.74, 6) is -1.94. The average molecular weight is 265 g/mol. The molecule has 0 bridgehead atoms. The standard InChI is InChI=1S/C14H13F2NO2/c15-11-5-9(7-17)6-12(16)14(11)19-13-4-2-1-3-10(13)8-18/h1-6,18H,7-8,17H2. The molecule has 0 aliphatic carbocycles. The lowest BCUT2D eigenvalue weighted by atomic mass is 10.2. The molecule has 0 amide bonds. The number of hydrogen-bond donors (Lipinski definition) is 2. The van der Waals surface area contributed by atoms with E-state index in [-0.39, 0.29) is 18.9 Å². The van der Waals surface area contributed by atoms with Crippen LogP contribution < -0.4 is 10.5 Å². The number of rotatable bonds is 4. The molecule has 2 aromatic rings. The van der Waals surface area contributed by atoms with Gasteiger partial charge in [0.1, 0.15) is 5.75 Å². The Kier molecular flexibility index (Phi) is 4.09. The number of aliphatic hydroxyl groups is 1. The first-order chi connectivity index (χ1) is 9.15. The Hall–Kier alpha value is -1.98. The molecule has 0 heterocycles. The first-order valence-electron chi connectivity index (χ1n) is 5.70. The second-order valence-electron chi connectivity index (χ2n) is 3.96. The molecule has 0 aromatic heterocycles. The van der Waals surface area contributed by atoms with Gasteiger partial charge in [0, 0.05) is 12.1 Å². The molecule has 2 rings (SSSR count). The summed E-state index contributed by atoms with van der Waals surface area (Å²) in [6, 6.07) is 8.74. The second kappa shape index (κ2) is 5.77. The average Bonchev–Trinajstić information content (AvgIpc) is 2.43. The van der Waals surface area contributed by atoms with E-state index in [1.807, 2.05) is 0 Å². The normalized spacial score (nSPS) is 10.5. The van der Waals surface area contributed by atoms with Crippen LogP contribution in [0, 0.1) is 11.6 Å². The highest BCUT2D eigenvalue weighted by atomic mass is 19.1. The van der Waals surface area contributed by atoms with E-state index < -0.39 is 17.4 Å². The van der Waals surface area contributed by atoms with Gasteiger partial charge < -0.3 is 15.6 Å². The van der Waals surface area contributed by atoms with E-state index in [9.17, 15) is 8.78 Å². The molecule has 19 heavy (non-hydrogen) atoms. The fourth-order valence-corrected chi connectivity index (χ4v) is 1.67. The van der Waals surface area contributed by atoms with Gasteiger partial charge in [0.05, 0.1) is 6.61 Å². The van der Waals surface area contributed by atoms with Gasteiger partial charge in [-0.3, -0.25) is 0 Å². The highest BCUT2D eigenvalue weighted by Crippen LogP contribution is 2.30. The third-order valence-corrected chi connectivity index (χ3v) is 2.65. The lowest BCUT2D eigenvalue weighted by Crippen LogP contribution is -2.01. The number of benzene rings is 2. The van der Waals surface area contributed by atoms with Crippen molar-refractivity contribution in [3.05, 3.63) is 59.2 Å². The van der Waals surface area contributed by atoms with Crippen LogP contribution in [0.1, 0.15) is 11.1 Å². The Balaban J connectivity index is 2.38. The van der Waals surface area contributed by atoms with Gasteiger partial charge >= 0.3 is 0 Å². The molecule has 5 heteroatoms. The molecule has 0 aliphatic heterocycles. The predicted octanol–water partition coefficient (Wildman–Crippen LogP) is 2.71. The Morgan fingerprint density at radius 1 is 1.11 bits per heavy atom. The van der Waals surface area contributed by atoms with Crippen LogP contribution in [0.25, 0.3) is 0 Å². The van der Waals surface area contributed by atoms with E-state index in [2.05, 4.69) is 0 Å². The number of hydrogen-bond acceptors (Lipinski definition) is 3. The first kappa shape index (κ1) is 13.5. The van der Waals surface area contributed by atoms with Crippen LogP contribution in [0.3, 0.4) is 0 Å². The van der Waals surface area contributed by atoms with Crippen LogP contribution in [0.5, 0.6) is 11.5 Å². The van der Waals surface area contributed by atoms with Gasteiger partial charge in [0.2, 0.25) is 0 Å². The fraction of sp³-hybridized carbons (Fsp3) is 0.143.